The molecule has 0 unspecified atom stereocenters. The minimum Gasteiger partial charge on any atom is -0.351 e. The van der Waals surface area contributed by atoms with Crippen LogP contribution in [0, 0.1) is 0 Å². The predicted octanol–water partition coefficient (Wildman–Crippen LogP) is 2.42. The number of carbonyl (C=O) groups excluding carboxylic acids is 1. The first kappa shape index (κ1) is 16.5. The van der Waals surface area contributed by atoms with Gasteiger partial charge in [-0.25, -0.2) is 4.98 Å². The second kappa shape index (κ2) is 6.52. The molecule has 0 aliphatic rings. The SMILES string of the molecule is CCn1c(SCC(=O)NC(C)(C)C)nc2ccccc2c1=O. The number of para-hydroxylation sites is 1. The predicted molar refractivity (Wildman–Crippen MR) is 90.3 cm³/mol. The van der Waals surface area contributed by atoms with Gasteiger partial charge in [0.15, 0.2) is 5.16 Å². The van der Waals surface area contributed by atoms with E-state index in [-0.39, 0.29) is 22.8 Å². The number of thioether (sulfide) groups is 1. The lowest BCUT2D eigenvalue weighted by Gasteiger charge is -2.20. The molecule has 0 fully saturated rings. The number of hydrogen-bond acceptors (Lipinski definition) is 4. The number of nitrogens with zero attached hydrogens (tertiary/aromatic N) is 2. The van der Waals surface area contributed by atoms with Crippen LogP contribution in [0.3, 0.4) is 0 Å². The van der Waals surface area contributed by atoms with Crippen LogP contribution < -0.4 is 10.9 Å². The molecule has 6 heteroatoms. The van der Waals surface area contributed by atoms with Crippen molar-refractivity contribution in [2.24, 2.45) is 0 Å². The van der Waals surface area contributed by atoms with Crippen LogP contribution in [0.1, 0.15) is 27.7 Å². The largest absolute Gasteiger partial charge is 0.351 e. The molecule has 1 N–H and O–H groups in total. The molecular formula is C16H21N3O2S. The highest BCUT2D eigenvalue weighted by molar-refractivity contribution is 7.99. The summed E-state index contributed by atoms with van der Waals surface area (Å²) in [6.45, 7) is 8.24. The Morgan fingerprint density at radius 3 is 2.64 bits per heavy atom. The quantitative estimate of drug-likeness (QED) is 0.694. The normalized spacial score (nSPS) is 11.6. The van der Waals surface area contributed by atoms with Gasteiger partial charge in [0.25, 0.3) is 5.56 Å². The molecule has 0 radical (unpaired) electrons. The van der Waals surface area contributed by atoms with Gasteiger partial charge in [-0.1, -0.05) is 23.9 Å². The first-order chi connectivity index (χ1) is 10.3. The first-order valence-electron chi connectivity index (χ1n) is 7.25. The van der Waals surface area contributed by atoms with Crippen molar-refractivity contribution in [2.75, 3.05) is 5.75 Å². The molecule has 0 spiro atoms. The molecule has 0 bridgehead atoms. The Balaban J connectivity index is 2.27. The van der Waals surface area contributed by atoms with Gasteiger partial charge < -0.3 is 5.32 Å². The van der Waals surface area contributed by atoms with Crippen molar-refractivity contribution < 1.29 is 4.79 Å². The second-order valence-corrected chi connectivity index (χ2v) is 6.99. The Morgan fingerprint density at radius 1 is 1.32 bits per heavy atom. The maximum atomic E-state index is 12.5. The van der Waals surface area contributed by atoms with Crippen molar-refractivity contribution in [1.29, 1.82) is 0 Å². The van der Waals surface area contributed by atoms with Crippen LogP contribution in [0.4, 0.5) is 0 Å². The van der Waals surface area contributed by atoms with Crippen LogP contribution >= 0.6 is 11.8 Å². The second-order valence-electron chi connectivity index (χ2n) is 6.05. The molecule has 0 saturated heterocycles. The minimum absolute atomic E-state index is 0.0631. The highest BCUT2D eigenvalue weighted by atomic mass is 32.2. The van der Waals surface area contributed by atoms with E-state index < -0.39 is 0 Å². The molecule has 1 heterocycles. The summed E-state index contributed by atoms with van der Waals surface area (Å²) in [6, 6.07) is 7.27. The Morgan fingerprint density at radius 2 is 2.00 bits per heavy atom. The average molecular weight is 319 g/mol. The van der Waals surface area contributed by atoms with Gasteiger partial charge in [-0.2, -0.15) is 0 Å². The van der Waals surface area contributed by atoms with Crippen molar-refractivity contribution in [2.45, 2.75) is 44.9 Å². The fraction of sp³-hybridized carbons (Fsp3) is 0.438. The maximum absolute atomic E-state index is 12.5. The number of benzene rings is 1. The molecule has 0 aliphatic carbocycles. The fourth-order valence-corrected chi connectivity index (χ4v) is 2.98. The summed E-state index contributed by atoms with van der Waals surface area (Å²) in [4.78, 5) is 28.9. The van der Waals surface area contributed by atoms with E-state index in [0.29, 0.717) is 22.6 Å². The van der Waals surface area contributed by atoms with Crippen LogP contribution in [0.15, 0.2) is 34.2 Å². The van der Waals surface area contributed by atoms with Crippen LogP contribution in [0.5, 0.6) is 0 Å². The molecule has 2 rings (SSSR count). The van der Waals surface area contributed by atoms with Crippen molar-refractivity contribution >= 4 is 28.6 Å². The number of fused-ring (bicyclic) bond motifs is 1. The van der Waals surface area contributed by atoms with E-state index >= 15 is 0 Å². The maximum Gasteiger partial charge on any atom is 0.262 e. The third-order valence-corrected chi connectivity index (χ3v) is 3.97. The van der Waals surface area contributed by atoms with Gasteiger partial charge in [0.2, 0.25) is 5.91 Å². The van der Waals surface area contributed by atoms with Gasteiger partial charge in [-0.3, -0.25) is 14.2 Å². The number of rotatable bonds is 4. The molecule has 22 heavy (non-hydrogen) atoms. The fourth-order valence-electron chi connectivity index (χ4n) is 2.12. The summed E-state index contributed by atoms with van der Waals surface area (Å²) in [5, 5.41) is 4.09. The summed E-state index contributed by atoms with van der Waals surface area (Å²) in [7, 11) is 0. The van der Waals surface area contributed by atoms with E-state index in [1.807, 2.05) is 45.9 Å². The van der Waals surface area contributed by atoms with Crippen molar-refractivity contribution in [3.8, 4) is 0 Å². The van der Waals surface area contributed by atoms with Gasteiger partial charge >= 0.3 is 0 Å². The Kier molecular flexibility index (Phi) is 4.90. The smallest absolute Gasteiger partial charge is 0.262 e. The monoisotopic (exact) mass is 319 g/mol. The Hall–Kier alpha value is -1.82. The van der Waals surface area contributed by atoms with Gasteiger partial charge in [0.05, 0.1) is 16.7 Å². The van der Waals surface area contributed by atoms with E-state index in [1.54, 1.807) is 10.6 Å². The van der Waals surface area contributed by atoms with Gasteiger partial charge in [-0.05, 0) is 39.8 Å². The molecule has 1 amide bonds. The lowest BCUT2D eigenvalue weighted by molar-refractivity contribution is -0.119. The van der Waals surface area contributed by atoms with Crippen molar-refractivity contribution in [3.05, 3.63) is 34.6 Å². The molecule has 1 aromatic carbocycles. The average Bonchev–Trinajstić information content (AvgIpc) is 2.43. The van der Waals surface area contributed by atoms with E-state index in [0.717, 1.165) is 0 Å². The summed E-state index contributed by atoms with van der Waals surface area (Å²) in [6.07, 6.45) is 0. The zero-order chi connectivity index (χ0) is 16.3. The lowest BCUT2D eigenvalue weighted by atomic mass is 10.1. The molecule has 0 atom stereocenters. The molecule has 0 aliphatic heterocycles. The third-order valence-electron chi connectivity index (χ3n) is 2.99. The van der Waals surface area contributed by atoms with Gasteiger partial charge in [0.1, 0.15) is 0 Å². The summed E-state index contributed by atoms with van der Waals surface area (Å²) in [5.74, 6) is 0.171. The van der Waals surface area contributed by atoms with Crippen LogP contribution in [0.25, 0.3) is 10.9 Å². The Labute approximate surface area is 134 Å². The zero-order valence-electron chi connectivity index (χ0n) is 13.3. The highest BCUT2D eigenvalue weighted by Gasteiger charge is 2.16. The van der Waals surface area contributed by atoms with Crippen LogP contribution in [0.2, 0.25) is 0 Å². The first-order valence-corrected chi connectivity index (χ1v) is 8.24. The summed E-state index contributed by atoms with van der Waals surface area (Å²) >= 11 is 1.29. The number of carbonyl (C=O) groups is 1. The van der Waals surface area contributed by atoms with E-state index in [2.05, 4.69) is 10.3 Å². The van der Waals surface area contributed by atoms with E-state index in [1.165, 1.54) is 11.8 Å². The molecular weight excluding hydrogens is 298 g/mol. The van der Waals surface area contributed by atoms with Crippen LogP contribution in [-0.2, 0) is 11.3 Å². The highest BCUT2D eigenvalue weighted by Crippen LogP contribution is 2.17. The molecule has 118 valence electrons. The van der Waals surface area contributed by atoms with Gasteiger partial charge in [0, 0.05) is 12.1 Å². The molecule has 2 aromatic rings. The zero-order valence-corrected chi connectivity index (χ0v) is 14.2. The van der Waals surface area contributed by atoms with Crippen molar-refractivity contribution in [1.82, 2.24) is 14.9 Å². The van der Waals surface area contributed by atoms with E-state index in [4.69, 9.17) is 0 Å². The molecule has 0 saturated carbocycles. The minimum atomic E-state index is -0.265. The third kappa shape index (κ3) is 3.88. The lowest BCUT2D eigenvalue weighted by Crippen LogP contribution is -2.41. The number of amides is 1. The summed E-state index contributed by atoms with van der Waals surface area (Å²) < 4.78 is 1.61. The number of nitrogens with one attached hydrogen (secondary N) is 1. The van der Waals surface area contributed by atoms with E-state index in [9.17, 15) is 9.59 Å². The topological polar surface area (TPSA) is 64.0 Å². The number of aromatic nitrogens is 2. The standard InChI is InChI=1S/C16H21N3O2S/c1-5-19-14(21)11-8-6-7-9-12(11)17-15(19)22-10-13(20)18-16(2,3)4/h6-9H,5,10H2,1-4H3,(H,18,20). The van der Waals surface area contributed by atoms with Crippen molar-refractivity contribution in [3.63, 3.8) is 0 Å². The molecule has 1 aromatic heterocycles. The Bertz CT molecular complexity index is 747. The molecule has 5 nitrogen and oxygen atoms in total. The number of hydrogen-bond donors (Lipinski definition) is 1. The summed E-state index contributed by atoms with van der Waals surface area (Å²) in [5.41, 5.74) is 0.335. The van der Waals surface area contributed by atoms with Gasteiger partial charge in [-0.15, -0.1) is 0 Å². The van der Waals surface area contributed by atoms with Crippen LogP contribution in [-0.4, -0.2) is 26.8 Å².